The SMILES string of the molecule is CCN(CC)CC.Cc1ncc(C(=O)O)cn1. The predicted molar refractivity (Wildman–Crippen MR) is 67.2 cm³/mol. The summed E-state index contributed by atoms with van der Waals surface area (Å²) in [6.07, 6.45) is 2.56. The maximum atomic E-state index is 10.2. The molecule has 0 saturated heterocycles. The molecule has 5 nitrogen and oxygen atoms in total. The summed E-state index contributed by atoms with van der Waals surface area (Å²) in [5.74, 6) is -0.426. The Balaban J connectivity index is 0.000000325. The van der Waals surface area contributed by atoms with Crippen LogP contribution >= 0.6 is 0 Å². The van der Waals surface area contributed by atoms with E-state index in [-0.39, 0.29) is 5.56 Å². The molecule has 0 saturated carbocycles. The van der Waals surface area contributed by atoms with Gasteiger partial charge in [0.05, 0.1) is 5.56 Å². The maximum Gasteiger partial charge on any atom is 0.338 e. The second-order valence-corrected chi connectivity index (χ2v) is 3.44. The minimum atomic E-state index is -1.000. The molecule has 1 heterocycles. The fourth-order valence-corrected chi connectivity index (χ4v) is 1.17. The van der Waals surface area contributed by atoms with Crippen LogP contribution in [0.3, 0.4) is 0 Å². The van der Waals surface area contributed by atoms with Gasteiger partial charge in [-0.1, -0.05) is 20.8 Å². The molecule has 1 aromatic heterocycles. The second-order valence-electron chi connectivity index (χ2n) is 3.44. The van der Waals surface area contributed by atoms with Crippen LogP contribution in [0.5, 0.6) is 0 Å². The molecule has 0 radical (unpaired) electrons. The first-order chi connectivity index (χ1) is 8.04. The Hall–Kier alpha value is -1.49. The highest BCUT2D eigenvalue weighted by atomic mass is 16.4. The molecule has 1 aromatic rings. The summed E-state index contributed by atoms with van der Waals surface area (Å²) in [5.41, 5.74) is 0.116. The number of aromatic nitrogens is 2. The van der Waals surface area contributed by atoms with E-state index in [2.05, 4.69) is 35.6 Å². The van der Waals surface area contributed by atoms with Gasteiger partial charge < -0.3 is 10.0 Å². The van der Waals surface area contributed by atoms with Crippen molar-refractivity contribution in [2.45, 2.75) is 27.7 Å². The van der Waals surface area contributed by atoms with Crippen molar-refractivity contribution in [3.05, 3.63) is 23.8 Å². The number of carboxylic acid groups (broad SMARTS) is 1. The highest BCUT2D eigenvalue weighted by Gasteiger charge is 2.00. The average molecular weight is 239 g/mol. The van der Waals surface area contributed by atoms with Gasteiger partial charge in [0.2, 0.25) is 0 Å². The van der Waals surface area contributed by atoms with Gasteiger partial charge in [-0.25, -0.2) is 14.8 Å². The molecule has 0 aliphatic rings. The monoisotopic (exact) mass is 239 g/mol. The summed E-state index contributed by atoms with van der Waals surface area (Å²) in [4.78, 5) is 20.0. The van der Waals surface area contributed by atoms with Gasteiger partial charge in [0.25, 0.3) is 0 Å². The van der Waals surface area contributed by atoms with E-state index in [0.717, 1.165) is 0 Å². The first kappa shape index (κ1) is 15.5. The van der Waals surface area contributed by atoms with Gasteiger partial charge in [0, 0.05) is 12.4 Å². The Bertz CT molecular complexity index is 316. The molecule has 5 heteroatoms. The van der Waals surface area contributed by atoms with E-state index in [9.17, 15) is 4.79 Å². The van der Waals surface area contributed by atoms with Crippen molar-refractivity contribution in [3.63, 3.8) is 0 Å². The van der Waals surface area contributed by atoms with E-state index in [4.69, 9.17) is 5.11 Å². The molecular formula is C12H21N3O2. The van der Waals surface area contributed by atoms with Crippen molar-refractivity contribution in [1.82, 2.24) is 14.9 Å². The Morgan fingerprint density at radius 3 is 1.82 bits per heavy atom. The summed E-state index contributed by atoms with van der Waals surface area (Å²) in [6, 6.07) is 0. The molecule has 1 rings (SSSR count). The van der Waals surface area contributed by atoms with Gasteiger partial charge in [0.1, 0.15) is 5.82 Å². The van der Waals surface area contributed by atoms with E-state index < -0.39 is 5.97 Å². The standard InChI is InChI=1S/C6H6N2O2.C6H15N/c1-4-7-2-5(3-8-4)6(9)10;1-4-7(5-2)6-3/h2-3H,1H3,(H,9,10);4-6H2,1-3H3. The largest absolute Gasteiger partial charge is 0.478 e. The first-order valence-corrected chi connectivity index (χ1v) is 5.79. The van der Waals surface area contributed by atoms with Gasteiger partial charge in [0.15, 0.2) is 0 Å². The lowest BCUT2D eigenvalue weighted by molar-refractivity contribution is 0.0696. The highest BCUT2D eigenvalue weighted by Crippen LogP contribution is 1.93. The summed E-state index contributed by atoms with van der Waals surface area (Å²) in [6.45, 7) is 11.8. The number of carbonyl (C=O) groups is 1. The van der Waals surface area contributed by atoms with E-state index >= 15 is 0 Å². The highest BCUT2D eigenvalue weighted by molar-refractivity contribution is 5.86. The third-order valence-corrected chi connectivity index (χ3v) is 2.37. The smallest absolute Gasteiger partial charge is 0.338 e. The minimum absolute atomic E-state index is 0.116. The minimum Gasteiger partial charge on any atom is -0.478 e. The van der Waals surface area contributed by atoms with Crippen molar-refractivity contribution in [2.75, 3.05) is 19.6 Å². The zero-order valence-electron chi connectivity index (χ0n) is 11.0. The van der Waals surface area contributed by atoms with Crippen LogP contribution in [0.4, 0.5) is 0 Å². The first-order valence-electron chi connectivity index (χ1n) is 5.79. The molecule has 0 aliphatic heterocycles. The normalized spacial score (nSPS) is 9.71. The lowest BCUT2D eigenvalue weighted by Gasteiger charge is -2.13. The molecular weight excluding hydrogens is 218 g/mol. The van der Waals surface area contributed by atoms with Gasteiger partial charge >= 0.3 is 5.97 Å². The maximum absolute atomic E-state index is 10.2. The number of hydrogen-bond acceptors (Lipinski definition) is 4. The van der Waals surface area contributed by atoms with Crippen LogP contribution in [0.15, 0.2) is 12.4 Å². The van der Waals surface area contributed by atoms with Gasteiger partial charge in [-0.05, 0) is 26.6 Å². The van der Waals surface area contributed by atoms with E-state index in [1.807, 2.05) is 0 Å². The third-order valence-electron chi connectivity index (χ3n) is 2.37. The quantitative estimate of drug-likeness (QED) is 0.868. The number of carboxylic acids is 1. The number of aromatic carboxylic acids is 1. The molecule has 0 aliphatic carbocycles. The lowest BCUT2D eigenvalue weighted by Crippen LogP contribution is -2.21. The molecule has 17 heavy (non-hydrogen) atoms. The molecule has 0 unspecified atom stereocenters. The number of nitrogens with zero attached hydrogens (tertiary/aromatic N) is 3. The van der Waals surface area contributed by atoms with Crippen LogP contribution in [0.2, 0.25) is 0 Å². The fourth-order valence-electron chi connectivity index (χ4n) is 1.17. The molecule has 0 spiro atoms. The van der Waals surface area contributed by atoms with Crippen LogP contribution in [-0.4, -0.2) is 45.6 Å². The second kappa shape index (κ2) is 8.64. The van der Waals surface area contributed by atoms with Crippen LogP contribution in [0.1, 0.15) is 37.0 Å². The number of aryl methyl sites for hydroxylation is 1. The van der Waals surface area contributed by atoms with Crippen LogP contribution in [-0.2, 0) is 0 Å². The molecule has 0 aromatic carbocycles. The van der Waals surface area contributed by atoms with E-state index in [1.165, 1.54) is 32.0 Å². The van der Waals surface area contributed by atoms with Crippen LogP contribution in [0, 0.1) is 6.92 Å². The van der Waals surface area contributed by atoms with Crippen molar-refractivity contribution in [1.29, 1.82) is 0 Å². The van der Waals surface area contributed by atoms with E-state index in [1.54, 1.807) is 6.92 Å². The lowest BCUT2D eigenvalue weighted by atomic mass is 10.3. The Morgan fingerprint density at radius 2 is 1.59 bits per heavy atom. The Kier molecular flexibility index (Phi) is 7.88. The van der Waals surface area contributed by atoms with E-state index in [0.29, 0.717) is 5.82 Å². The summed E-state index contributed by atoms with van der Waals surface area (Å²) in [5, 5.41) is 8.40. The Morgan fingerprint density at radius 1 is 1.18 bits per heavy atom. The molecule has 1 N–H and O–H groups in total. The van der Waals surface area contributed by atoms with Gasteiger partial charge in [-0.3, -0.25) is 0 Å². The van der Waals surface area contributed by atoms with Crippen molar-refractivity contribution in [3.8, 4) is 0 Å². The number of hydrogen-bond donors (Lipinski definition) is 1. The fraction of sp³-hybridized carbons (Fsp3) is 0.583. The zero-order valence-corrected chi connectivity index (χ0v) is 11.0. The Labute approximate surface area is 103 Å². The predicted octanol–water partition coefficient (Wildman–Crippen LogP) is 1.83. The molecule has 0 fully saturated rings. The van der Waals surface area contributed by atoms with Crippen molar-refractivity contribution in [2.24, 2.45) is 0 Å². The summed E-state index contributed by atoms with van der Waals surface area (Å²) < 4.78 is 0. The molecule has 0 atom stereocenters. The topological polar surface area (TPSA) is 66.3 Å². The molecule has 0 bridgehead atoms. The summed E-state index contributed by atoms with van der Waals surface area (Å²) in [7, 11) is 0. The summed E-state index contributed by atoms with van der Waals surface area (Å²) >= 11 is 0. The average Bonchev–Trinajstić information content (AvgIpc) is 2.32. The zero-order chi connectivity index (χ0) is 13.3. The van der Waals surface area contributed by atoms with Crippen molar-refractivity contribution < 1.29 is 9.90 Å². The number of rotatable bonds is 4. The molecule has 96 valence electrons. The van der Waals surface area contributed by atoms with Gasteiger partial charge in [-0.2, -0.15) is 0 Å². The van der Waals surface area contributed by atoms with Crippen LogP contribution in [0.25, 0.3) is 0 Å². The third kappa shape index (κ3) is 6.63. The van der Waals surface area contributed by atoms with Gasteiger partial charge in [-0.15, -0.1) is 0 Å². The van der Waals surface area contributed by atoms with Crippen LogP contribution < -0.4 is 0 Å². The molecule has 0 amide bonds. The van der Waals surface area contributed by atoms with Crippen molar-refractivity contribution >= 4 is 5.97 Å².